The van der Waals surface area contributed by atoms with Crippen molar-refractivity contribution < 1.29 is 22.0 Å². The minimum Gasteiger partial charge on any atom is -0.386 e. The van der Waals surface area contributed by atoms with Gasteiger partial charge in [0, 0.05) is 12.6 Å². The largest absolute Gasteiger partial charge is 0.386 e. The Hall–Kier alpha value is -2.48. The summed E-state index contributed by atoms with van der Waals surface area (Å²) in [6.07, 6.45) is 0.866. The zero-order valence-corrected chi connectivity index (χ0v) is 14.7. The fraction of sp³-hybridized carbons (Fsp3) is 0.235. The van der Waals surface area contributed by atoms with Gasteiger partial charge in [-0.25, -0.2) is 17.2 Å². The molecule has 0 saturated carbocycles. The number of carbonyl (C=O) groups is 1. The number of sulfonamides is 1. The topological polar surface area (TPSA) is 75.3 Å². The normalized spacial score (nSPS) is 12.5. The molecule has 0 aliphatic heterocycles. The molecule has 0 aliphatic rings. The molecule has 5 nitrogen and oxygen atoms in total. The van der Waals surface area contributed by atoms with Crippen LogP contribution in [0.1, 0.15) is 18.4 Å². The van der Waals surface area contributed by atoms with Crippen LogP contribution in [0.3, 0.4) is 0 Å². The van der Waals surface area contributed by atoms with Gasteiger partial charge >= 0.3 is 0 Å². The van der Waals surface area contributed by atoms with Gasteiger partial charge in [-0.2, -0.15) is 0 Å². The number of rotatable bonds is 5. The summed E-state index contributed by atoms with van der Waals surface area (Å²) < 4.78 is 52.4. The second-order valence-corrected chi connectivity index (χ2v) is 7.39. The summed E-state index contributed by atoms with van der Waals surface area (Å²) in [4.78, 5) is 11.9. The molecule has 134 valence electrons. The van der Waals surface area contributed by atoms with E-state index in [-0.39, 0.29) is 5.56 Å². The van der Waals surface area contributed by atoms with E-state index < -0.39 is 33.5 Å². The minimum atomic E-state index is -3.69. The Labute approximate surface area is 145 Å². The lowest BCUT2D eigenvalue weighted by atomic mass is 9.96. The zero-order chi connectivity index (χ0) is 18.8. The summed E-state index contributed by atoms with van der Waals surface area (Å²) in [7, 11) is -2.11. The third kappa shape index (κ3) is 4.54. The molecule has 1 atom stereocenters. The van der Waals surface area contributed by atoms with Gasteiger partial charge in [0.1, 0.15) is 11.6 Å². The first-order valence-corrected chi connectivity index (χ1v) is 9.30. The molecule has 2 aromatic rings. The Kier molecular flexibility index (Phi) is 5.42. The van der Waals surface area contributed by atoms with Crippen LogP contribution in [-0.2, 0) is 14.8 Å². The smallest absolute Gasteiger partial charge is 0.240 e. The number of halogens is 2. The molecule has 0 aromatic heterocycles. The van der Waals surface area contributed by atoms with E-state index in [1.54, 1.807) is 13.1 Å². The number of anilines is 1. The van der Waals surface area contributed by atoms with Crippen molar-refractivity contribution in [3.05, 3.63) is 53.6 Å². The first kappa shape index (κ1) is 18.9. The van der Waals surface area contributed by atoms with E-state index in [4.69, 9.17) is 0 Å². The molecule has 0 bridgehead atoms. The van der Waals surface area contributed by atoms with Crippen molar-refractivity contribution in [1.82, 2.24) is 4.72 Å². The van der Waals surface area contributed by atoms with Gasteiger partial charge in [-0.15, -0.1) is 0 Å². The Morgan fingerprint density at radius 2 is 1.76 bits per heavy atom. The summed E-state index contributed by atoms with van der Waals surface area (Å²) in [5.74, 6) is -2.75. The van der Waals surface area contributed by atoms with Crippen molar-refractivity contribution >= 4 is 21.6 Å². The van der Waals surface area contributed by atoms with Crippen molar-refractivity contribution in [1.29, 1.82) is 0 Å². The molecule has 0 aliphatic carbocycles. The lowest BCUT2D eigenvalue weighted by molar-refractivity contribution is -0.120. The molecule has 25 heavy (non-hydrogen) atoms. The average Bonchev–Trinajstić information content (AvgIpc) is 2.52. The van der Waals surface area contributed by atoms with Crippen LogP contribution < -0.4 is 10.0 Å². The van der Waals surface area contributed by atoms with Gasteiger partial charge < -0.3 is 5.32 Å². The predicted molar refractivity (Wildman–Crippen MR) is 92.7 cm³/mol. The molecular weight excluding hydrogens is 350 g/mol. The summed E-state index contributed by atoms with van der Waals surface area (Å²) >= 11 is 0. The van der Waals surface area contributed by atoms with Gasteiger partial charge in [0.25, 0.3) is 0 Å². The first-order valence-electron chi connectivity index (χ1n) is 7.41. The van der Waals surface area contributed by atoms with Crippen LogP contribution in [-0.4, -0.2) is 27.6 Å². The fourth-order valence-corrected chi connectivity index (χ4v) is 2.88. The molecular formula is C17H18F2N2O3S. The van der Waals surface area contributed by atoms with Gasteiger partial charge in [0.15, 0.2) is 0 Å². The molecule has 0 radical (unpaired) electrons. The quantitative estimate of drug-likeness (QED) is 0.851. The molecule has 1 amide bonds. The van der Waals surface area contributed by atoms with E-state index in [0.717, 1.165) is 12.3 Å². The molecule has 0 spiro atoms. The number of hydrogen-bond donors (Lipinski definition) is 2. The van der Waals surface area contributed by atoms with Crippen molar-refractivity contribution in [3.8, 4) is 11.1 Å². The molecule has 1 unspecified atom stereocenters. The number of benzene rings is 2. The highest BCUT2D eigenvalue weighted by Gasteiger charge is 2.20. The van der Waals surface area contributed by atoms with E-state index in [2.05, 4.69) is 5.32 Å². The maximum atomic E-state index is 14.4. The van der Waals surface area contributed by atoms with Gasteiger partial charge in [0.2, 0.25) is 15.9 Å². The van der Waals surface area contributed by atoms with Gasteiger partial charge in [0.05, 0.1) is 17.9 Å². The summed E-state index contributed by atoms with van der Waals surface area (Å²) in [5.41, 5.74) is 1.15. The summed E-state index contributed by atoms with van der Waals surface area (Å²) in [6, 6.07) is 8.37. The van der Waals surface area contributed by atoms with E-state index in [0.29, 0.717) is 16.8 Å². The van der Waals surface area contributed by atoms with Crippen LogP contribution in [0.15, 0.2) is 36.4 Å². The number of nitrogens with one attached hydrogen (secondary N) is 2. The van der Waals surface area contributed by atoms with Crippen LogP contribution in [0.4, 0.5) is 14.5 Å². The first-order chi connectivity index (χ1) is 11.6. The minimum absolute atomic E-state index is 0.182. The van der Waals surface area contributed by atoms with E-state index in [1.807, 2.05) is 4.72 Å². The SMILES string of the molecule is CNc1ccc(-c2ccc(C(C)C(=O)NS(C)(=O)=O)cc2F)cc1F. The van der Waals surface area contributed by atoms with Crippen LogP contribution in [0, 0.1) is 11.6 Å². The molecule has 2 aromatic carbocycles. The average molecular weight is 368 g/mol. The van der Waals surface area contributed by atoms with Crippen LogP contribution in [0.25, 0.3) is 11.1 Å². The molecule has 0 heterocycles. The van der Waals surface area contributed by atoms with Gasteiger partial charge in [-0.3, -0.25) is 9.52 Å². The Balaban J connectivity index is 2.32. The number of carbonyl (C=O) groups excluding carboxylic acids is 1. The summed E-state index contributed by atoms with van der Waals surface area (Å²) in [6.45, 7) is 1.47. The summed E-state index contributed by atoms with van der Waals surface area (Å²) in [5, 5.41) is 2.68. The molecule has 2 N–H and O–H groups in total. The predicted octanol–water partition coefficient (Wildman–Crippen LogP) is 2.85. The molecule has 0 fully saturated rings. The highest BCUT2D eigenvalue weighted by Crippen LogP contribution is 2.28. The fourth-order valence-electron chi connectivity index (χ4n) is 2.34. The molecule has 8 heteroatoms. The molecule has 0 saturated heterocycles. The van der Waals surface area contributed by atoms with Crippen LogP contribution in [0.2, 0.25) is 0 Å². The van der Waals surface area contributed by atoms with E-state index in [1.165, 1.54) is 31.2 Å². The second kappa shape index (κ2) is 7.18. The lowest BCUT2D eigenvalue weighted by Crippen LogP contribution is -2.32. The Morgan fingerprint density at radius 3 is 2.28 bits per heavy atom. The maximum absolute atomic E-state index is 14.4. The van der Waals surface area contributed by atoms with Crippen molar-refractivity contribution in [3.63, 3.8) is 0 Å². The molecule has 2 rings (SSSR count). The maximum Gasteiger partial charge on any atom is 0.240 e. The monoisotopic (exact) mass is 368 g/mol. The lowest BCUT2D eigenvalue weighted by Gasteiger charge is -2.13. The van der Waals surface area contributed by atoms with Crippen LogP contribution >= 0.6 is 0 Å². The second-order valence-electron chi connectivity index (χ2n) is 5.64. The van der Waals surface area contributed by atoms with Gasteiger partial charge in [-0.1, -0.05) is 18.2 Å². The Morgan fingerprint density at radius 1 is 1.08 bits per heavy atom. The highest BCUT2D eigenvalue weighted by molar-refractivity contribution is 7.89. The van der Waals surface area contributed by atoms with Crippen molar-refractivity contribution in [2.45, 2.75) is 12.8 Å². The van der Waals surface area contributed by atoms with E-state index >= 15 is 0 Å². The van der Waals surface area contributed by atoms with E-state index in [9.17, 15) is 22.0 Å². The zero-order valence-electron chi connectivity index (χ0n) is 13.9. The third-order valence-corrected chi connectivity index (χ3v) is 4.29. The van der Waals surface area contributed by atoms with Crippen molar-refractivity contribution in [2.24, 2.45) is 0 Å². The Bertz CT molecular complexity index is 914. The van der Waals surface area contributed by atoms with Gasteiger partial charge in [-0.05, 0) is 36.2 Å². The third-order valence-electron chi connectivity index (χ3n) is 3.72. The standard InChI is InChI=1S/C17H18F2N2O3S/c1-10(17(22)21-25(3,23)24)11-4-6-13(14(18)8-11)12-5-7-16(20-2)15(19)9-12/h4-10,20H,1-3H3,(H,21,22). The van der Waals surface area contributed by atoms with Crippen LogP contribution in [0.5, 0.6) is 0 Å². The number of hydrogen-bond acceptors (Lipinski definition) is 4. The highest BCUT2D eigenvalue weighted by atomic mass is 32.2. The number of amides is 1. The van der Waals surface area contributed by atoms with Crippen molar-refractivity contribution in [2.75, 3.05) is 18.6 Å².